The van der Waals surface area contributed by atoms with Gasteiger partial charge in [0, 0.05) is 51.1 Å². The second kappa shape index (κ2) is 8.47. The van der Waals surface area contributed by atoms with Crippen molar-refractivity contribution >= 4 is 11.7 Å². The van der Waals surface area contributed by atoms with E-state index in [1.807, 2.05) is 4.90 Å². The average Bonchev–Trinajstić information content (AvgIpc) is 3.26. The van der Waals surface area contributed by atoms with Crippen LogP contribution in [0.2, 0.25) is 0 Å². The van der Waals surface area contributed by atoms with Crippen LogP contribution in [-0.2, 0) is 10.9 Å². The summed E-state index contributed by atoms with van der Waals surface area (Å²) in [6.07, 6.45) is -1.26. The third-order valence-electron chi connectivity index (χ3n) is 5.12. The maximum absolute atomic E-state index is 12.7. The summed E-state index contributed by atoms with van der Waals surface area (Å²) >= 11 is 0. The molecule has 0 aliphatic carbocycles. The third kappa shape index (κ3) is 4.64. The average molecular weight is 422 g/mol. The van der Waals surface area contributed by atoms with E-state index in [0.29, 0.717) is 56.7 Å². The Morgan fingerprint density at radius 3 is 2.43 bits per heavy atom. The highest BCUT2D eigenvalue weighted by atomic mass is 19.4. The van der Waals surface area contributed by atoms with Crippen LogP contribution < -0.4 is 9.64 Å². The standard InChI is InChI=1S/C20H21F3N4O3/c21-20(22,23)15-2-3-17(24-12-15)26-6-8-27(9-7-26)19(28)14-1-4-18(25-11-14)30-16-5-10-29-13-16/h1-4,11-12,16H,5-10,13H2. The molecule has 160 valence electrons. The molecule has 2 aliphatic heterocycles. The first-order chi connectivity index (χ1) is 14.4. The summed E-state index contributed by atoms with van der Waals surface area (Å²) in [5, 5.41) is 0. The summed E-state index contributed by atoms with van der Waals surface area (Å²) in [4.78, 5) is 24.4. The normalized spacial score (nSPS) is 19.8. The van der Waals surface area contributed by atoms with Gasteiger partial charge in [-0.3, -0.25) is 4.79 Å². The molecule has 2 aromatic heterocycles. The largest absolute Gasteiger partial charge is 0.472 e. The van der Waals surface area contributed by atoms with Crippen LogP contribution in [0.3, 0.4) is 0 Å². The van der Waals surface area contributed by atoms with E-state index in [1.165, 1.54) is 12.3 Å². The van der Waals surface area contributed by atoms with Gasteiger partial charge in [0.05, 0.1) is 24.3 Å². The number of aromatic nitrogens is 2. The molecule has 0 saturated carbocycles. The molecule has 0 radical (unpaired) electrons. The highest BCUT2D eigenvalue weighted by Gasteiger charge is 2.31. The van der Waals surface area contributed by atoms with Crippen LogP contribution in [0.25, 0.3) is 0 Å². The number of ether oxygens (including phenoxy) is 2. The fourth-order valence-electron chi connectivity index (χ4n) is 3.42. The fourth-order valence-corrected chi connectivity index (χ4v) is 3.42. The number of anilines is 1. The molecule has 0 N–H and O–H groups in total. The van der Waals surface area contributed by atoms with E-state index in [-0.39, 0.29) is 12.0 Å². The Labute approximate surface area is 171 Å². The van der Waals surface area contributed by atoms with Crippen molar-refractivity contribution in [1.29, 1.82) is 0 Å². The molecule has 0 bridgehead atoms. The Bertz CT molecular complexity index is 860. The molecule has 0 aromatic carbocycles. The molecule has 10 heteroatoms. The summed E-state index contributed by atoms with van der Waals surface area (Å²) < 4.78 is 49.0. The van der Waals surface area contributed by atoms with E-state index < -0.39 is 11.7 Å². The number of halogens is 3. The van der Waals surface area contributed by atoms with Crippen molar-refractivity contribution in [2.45, 2.75) is 18.7 Å². The highest BCUT2D eigenvalue weighted by Crippen LogP contribution is 2.29. The van der Waals surface area contributed by atoms with Crippen molar-refractivity contribution in [2.75, 3.05) is 44.3 Å². The van der Waals surface area contributed by atoms with Gasteiger partial charge in [0.2, 0.25) is 5.88 Å². The molecule has 4 rings (SSSR count). The number of carbonyl (C=O) groups is 1. The number of piperazine rings is 1. The lowest BCUT2D eigenvalue weighted by Gasteiger charge is -2.35. The number of alkyl halides is 3. The quantitative estimate of drug-likeness (QED) is 0.755. The SMILES string of the molecule is O=C(c1ccc(OC2CCOC2)nc1)N1CCN(c2ccc(C(F)(F)F)cn2)CC1. The lowest BCUT2D eigenvalue weighted by atomic mass is 10.2. The molecule has 7 nitrogen and oxygen atoms in total. The molecule has 30 heavy (non-hydrogen) atoms. The van der Waals surface area contributed by atoms with Crippen LogP contribution in [0.1, 0.15) is 22.3 Å². The van der Waals surface area contributed by atoms with E-state index in [9.17, 15) is 18.0 Å². The molecule has 4 heterocycles. The lowest BCUT2D eigenvalue weighted by Crippen LogP contribution is -2.49. The fraction of sp³-hybridized carbons (Fsp3) is 0.450. The van der Waals surface area contributed by atoms with Crippen LogP contribution in [0.15, 0.2) is 36.7 Å². The van der Waals surface area contributed by atoms with Crippen molar-refractivity contribution in [3.05, 3.63) is 47.8 Å². The third-order valence-corrected chi connectivity index (χ3v) is 5.12. The number of hydrogen-bond donors (Lipinski definition) is 0. The van der Waals surface area contributed by atoms with Crippen LogP contribution >= 0.6 is 0 Å². The van der Waals surface area contributed by atoms with Crippen LogP contribution in [0, 0.1) is 0 Å². The smallest absolute Gasteiger partial charge is 0.417 e. The Balaban J connectivity index is 1.31. The van der Waals surface area contributed by atoms with Gasteiger partial charge in [-0.15, -0.1) is 0 Å². The lowest BCUT2D eigenvalue weighted by molar-refractivity contribution is -0.137. The van der Waals surface area contributed by atoms with Gasteiger partial charge in [0.15, 0.2) is 0 Å². The number of amides is 1. The predicted molar refractivity (Wildman–Crippen MR) is 101 cm³/mol. The zero-order chi connectivity index (χ0) is 21.1. The Kier molecular flexibility index (Phi) is 5.76. The number of rotatable bonds is 4. The maximum Gasteiger partial charge on any atom is 0.417 e. The summed E-state index contributed by atoms with van der Waals surface area (Å²) in [5.74, 6) is 0.785. The molecule has 2 saturated heterocycles. The van der Waals surface area contributed by atoms with Gasteiger partial charge in [0.1, 0.15) is 11.9 Å². The molecular weight excluding hydrogens is 401 g/mol. The van der Waals surface area contributed by atoms with E-state index >= 15 is 0 Å². The zero-order valence-corrected chi connectivity index (χ0v) is 16.1. The minimum absolute atomic E-state index is 0.00839. The number of pyridine rings is 2. The summed E-state index contributed by atoms with van der Waals surface area (Å²) in [7, 11) is 0. The van der Waals surface area contributed by atoms with Crippen molar-refractivity contribution in [3.63, 3.8) is 0 Å². The molecule has 2 aliphatic rings. The summed E-state index contributed by atoms with van der Waals surface area (Å²) in [5.41, 5.74) is -0.313. The molecule has 2 aromatic rings. The van der Waals surface area contributed by atoms with E-state index in [4.69, 9.17) is 9.47 Å². The Hall–Kier alpha value is -2.88. The van der Waals surface area contributed by atoms with Gasteiger partial charge in [-0.05, 0) is 18.2 Å². The zero-order valence-electron chi connectivity index (χ0n) is 16.1. The second-order valence-corrected chi connectivity index (χ2v) is 7.17. The first kappa shape index (κ1) is 20.4. The van der Waals surface area contributed by atoms with Gasteiger partial charge < -0.3 is 19.3 Å². The van der Waals surface area contributed by atoms with Gasteiger partial charge >= 0.3 is 6.18 Å². The highest BCUT2D eigenvalue weighted by molar-refractivity contribution is 5.94. The molecule has 0 spiro atoms. The minimum atomic E-state index is -4.41. The van der Waals surface area contributed by atoms with E-state index in [0.717, 1.165) is 18.7 Å². The van der Waals surface area contributed by atoms with Crippen molar-refractivity contribution < 1.29 is 27.4 Å². The summed E-state index contributed by atoms with van der Waals surface area (Å²) in [6.45, 7) is 3.08. The Morgan fingerprint density at radius 2 is 1.87 bits per heavy atom. The molecular formula is C20H21F3N4O3. The molecule has 1 atom stereocenters. The molecule has 2 fully saturated rings. The first-order valence-electron chi connectivity index (χ1n) is 9.68. The number of hydrogen-bond acceptors (Lipinski definition) is 6. The summed E-state index contributed by atoms with van der Waals surface area (Å²) in [6, 6.07) is 5.74. The Morgan fingerprint density at radius 1 is 1.07 bits per heavy atom. The molecule has 1 amide bonds. The number of carbonyl (C=O) groups excluding carboxylic acids is 1. The monoisotopic (exact) mass is 422 g/mol. The number of nitrogens with zero attached hydrogens (tertiary/aromatic N) is 4. The van der Waals surface area contributed by atoms with Crippen LogP contribution in [-0.4, -0.2) is 66.3 Å². The van der Waals surface area contributed by atoms with Gasteiger partial charge in [0.25, 0.3) is 5.91 Å². The van der Waals surface area contributed by atoms with Crippen LogP contribution in [0.4, 0.5) is 19.0 Å². The minimum Gasteiger partial charge on any atom is -0.472 e. The van der Waals surface area contributed by atoms with E-state index in [2.05, 4.69) is 9.97 Å². The van der Waals surface area contributed by atoms with Crippen LogP contribution in [0.5, 0.6) is 5.88 Å². The first-order valence-corrected chi connectivity index (χ1v) is 9.68. The van der Waals surface area contributed by atoms with Crippen molar-refractivity contribution in [3.8, 4) is 5.88 Å². The van der Waals surface area contributed by atoms with Gasteiger partial charge in [-0.2, -0.15) is 13.2 Å². The second-order valence-electron chi connectivity index (χ2n) is 7.17. The van der Waals surface area contributed by atoms with Gasteiger partial charge in [-0.25, -0.2) is 9.97 Å². The van der Waals surface area contributed by atoms with Crippen molar-refractivity contribution in [2.24, 2.45) is 0 Å². The maximum atomic E-state index is 12.7. The predicted octanol–water partition coefficient (Wildman–Crippen LogP) is 2.63. The van der Waals surface area contributed by atoms with E-state index in [1.54, 1.807) is 17.0 Å². The topological polar surface area (TPSA) is 67.8 Å². The van der Waals surface area contributed by atoms with Gasteiger partial charge in [-0.1, -0.05) is 0 Å². The molecule has 1 unspecified atom stereocenters. The van der Waals surface area contributed by atoms with Crippen molar-refractivity contribution in [1.82, 2.24) is 14.9 Å².